The summed E-state index contributed by atoms with van der Waals surface area (Å²) >= 11 is 1.58. The lowest BCUT2D eigenvalue weighted by molar-refractivity contribution is -0.121. The maximum Gasteiger partial charge on any atom is 0.261 e. The molecule has 2 N–H and O–H groups in total. The number of carbonyl (C=O) groups excluding carboxylic acids is 2. The standard InChI is InChI=1S/C19H30N2O2S/c1-18(2,3)13-7-8-14-12(9-13)10-15(24-14)17(23)20-11-16(22)21-19(4,5)6/h10,13H,7-9,11H2,1-6H3,(H,20,23)(H,21,22). The van der Waals surface area contributed by atoms with Crippen LogP contribution in [0.2, 0.25) is 0 Å². The van der Waals surface area contributed by atoms with Gasteiger partial charge in [0.2, 0.25) is 5.91 Å². The summed E-state index contributed by atoms with van der Waals surface area (Å²) in [5.74, 6) is 0.351. The van der Waals surface area contributed by atoms with Crippen molar-refractivity contribution in [2.75, 3.05) is 6.54 Å². The molecule has 1 aliphatic rings. The lowest BCUT2D eigenvalue weighted by Crippen LogP contribution is -2.45. The Bertz CT molecular complexity index is 620. The zero-order valence-electron chi connectivity index (χ0n) is 15.7. The van der Waals surface area contributed by atoms with Crippen LogP contribution < -0.4 is 10.6 Å². The van der Waals surface area contributed by atoms with Gasteiger partial charge in [-0.2, -0.15) is 0 Å². The third-order valence-electron chi connectivity index (χ3n) is 4.46. The van der Waals surface area contributed by atoms with Crippen LogP contribution in [0.1, 0.15) is 68.1 Å². The average Bonchev–Trinajstić information content (AvgIpc) is 2.84. The first-order valence-electron chi connectivity index (χ1n) is 8.66. The number of thiophene rings is 1. The molecule has 4 nitrogen and oxygen atoms in total. The van der Waals surface area contributed by atoms with Crippen LogP contribution in [0, 0.1) is 11.3 Å². The fourth-order valence-corrected chi connectivity index (χ4v) is 4.21. The van der Waals surface area contributed by atoms with Crippen molar-refractivity contribution < 1.29 is 9.59 Å². The van der Waals surface area contributed by atoms with Gasteiger partial charge in [0.25, 0.3) is 5.91 Å². The van der Waals surface area contributed by atoms with Crippen molar-refractivity contribution in [2.24, 2.45) is 11.3 Å². The van der Waals surface area contributed by atoms with E-state index in [-0.39, 0.29) is 23.9 Å². The highest BCUT2D eigenvalue weighted by Gasteiger charge is 2.30. The van der Waals surface area contributed by atoms with Gasteiger partial charge < -0.3 is 10.6 Å². The summed E-state index contributed by atoms with van der Waals surface area (Å²) in [5.41, 5.74) is 1.33. The van der Waals surface area contributed by atoms with Crippen molar-refractivity contribution in [3.63, 3.8) is 0 Å². The Kier molecular flexibility index (Phi) is 5.43. The molecule has 0 aromatic carbocycles. The van der Waals surface area contributed by atoms with Gasteiger partial charge in [-0.25, -0.2) is 0 Å². The molecule has 2 rings (SSSR count). The monoisotopic (exact) mass is 350 g/mol. The highest BCUT2D eigenvalue weighted by atomic mass is 32.1. The molecule has 134 valence electrons. The Morgan fingerprint density at radius 1 is 1.21 bits per heavy atom. The van der Waals surface area contributed by atoms with Crippen LogP contribution >= 0.6 is 11.3 Å². The largest absolute Gasteiger partial charge is 0.350 e. The zero-order valence-corrected chi connectivity index (χ0v) is 16.5. The minimum absolute atomic E-state index is 0.0171. The van der Waals surface area contributed by atoms with E-state index >= 15 is 0 Å². The molecule has 1 aliphatic carbocycles. The Balaban J connectivity index is 1.96. The van der Waals surface area contributed by atoms with Crippen molar-refractivity contribution >= 4 is 23.2 Å². The van der Waals surface area contributed by atoms with Crippen molar-refractivity contribution in [2.45, 2.75) is 66.3 Å². The van der Waals surface area contributed by atoms with Crippen LogP contribution in [0.4, 0.5) is 0 Å². The summed E-state index contributed by atoms with van der Waals surface area (Å²) in [7, 11) is 0. The van der Waals surface area contributed by atoms with E-state index in [0.717, 1.165) is 17.7 Å². The highest BCUT2D eigenvalue weighted by Crippen LogP contribution is 2.40. The van der Waals surface area contributed by atoms with Crippen LogP contribution in [0.5, 0.6) is 0 Å². The van der Waals surface area contributed by atoms with Gasteiger partial charge in [0.15, 0.2) is 0 Å². The lowest BCUT2D eigenvalue weighted by atomic mass is 9.72. The van der Waals surface area contributed by atoms with Gasteiger partial charge in [-0.3, -0.25) is 9.59 Å². The highest BCUT2D eigenvalue weighted by molar-refractivity contribution is 7.14. The zero-order chi connectivity index (χ0) is 18.1. The molecule has 0 radical (unpaired) electrons. The molecule has 5 heteroatoms. The van der Waals surface area contributed by atoms with Crippen LogP contribution in [0.15, 0.2) is 6.07 Å². The normalized spacial score (nSPS) is 18.0. The maximum atomic E-state index is 12.3. The maximum absolute atomic E-state index is 12.3. The molecule has 0 spiro atoms. The van der Waals surface area contributed by atoms with E-state index in [4.69, 9.17) is 0 Å². The molecule has 1 aromatic rings. The number of aryl methyl sites for hydroxylation is 1. The Hall–Kier alpha value is -1.36. The van der Waals surface area contributed by atoms with Gasteiger partial charge in [0.1, 0.15) is 0 Å². The molecule has 0 aliphatic heterocycles. The molecule has 1 unspecified atom stereocenters. The number of carbonyl (C=O) groups is 2. The van der Waals surface area contributed by atoms with Gasteiger partial charge in [-0.15, -0.1) is 11.3 Å². The molecule has 0 fully saturated rings. The van der Waals surface area contributed by atoms with Gasteiger partial charge >= 0.3 is 0 Å². The Labute approximate surface area is 149 Å². The topological polar surface area (TPSA) is 58.2 Å². The second-order valence-electron chi connectivity index (χ2n) is 8.85. The van der Waals surface area contributed by atoms with Crippen LogP contribution in [-0.4, -0.2) is 23.9 Å². The average molecular weight is 351 g/mol. The van der Waals surface area contributed by atoms with E-state index in [1.54, 1.807) is 11.3 Å². The molecule has 0 bridgehead atoms. The smallest absolute Gasteiger partial charge is 0.261 e. The van der Waals surface area contributed by atoms with Crippen LogP contribution in [0.25, 0.3) is 0 Å². The molecule has 1 heterocycles. The first-order chi connectivity index (χ1) is 11.0. The third kappa shape index (κ3) is 5.07. The molecule has 0 saturated heterocycles. The van der Waals surface area contributed by atoms with E-state index < -0.39 is 0 Å². The van der Waals surface area contributed by atoms with E-state index in [0.29, 0.717) is 11.3 Å². The molecule has 0 saturated carbocycles. The predicted molar refractivity (Wildman–Crippen MR) is 99.5 cm³/mol. The first kappa shape index (κ1) is 19.0. The van der Waals surface area contributed by atoms with Crippen molar-refractivity contribution in [1.82, 2.24) is 10.6 Å². The van der Waals surface area contributed by atoms with Crippen molar-refractivity contribution in [3.8, 4) is 0 Å². The summed E-state index contributed by atoms with van der Waals surface area (Å²) in [6, 6.07) is 2.02. The minimum Gasteiger partial charge on any atom is -0.350 e. The predicted octanol–water partition coefficient (Wildman–Crippen LogP) is 3.54. The Morgan fingerprint density at radius 2 is 1.88 bits per heavy atom. The number of fused-ring (bicyclic) bond motifs is 1. The number of rotatable bonds is 3. The van der Waals surface area contributed by atoms with Gasteiger partial charge in [0, 0.05) is 10.4 Å². The third-order valence-corrected chi connectivity index (χ3v) is 5.69. The van der Waals surface area contributed by atoms with E-state index in [1.807, 2.05) is 26.8 Å². The van der Waals surface area contributed by atoms with Gasteiger partial charge in [-0.1, -0.05) is 20.8 Å². The van der Waals surface area contributed by atoms with Crippen LogP contribution in [-0.2, 0) is 17.6 Å². The lowest BCUT2D eigenvalue weighted by Gasteiger charge is -2.33. The second kappa shape index (κ2) is 6.87. The summed E-state index contributed by atoms with van der Waals surface area (Å²) < 4.78 is 0. The Morgan fingerprint density at radius 3 is 2.46 bits per heavy atom. The van der Waals surface area contributed by atoms with Crippen molar-refractivity contribution in [1.29, 1.82) is 0 Å². The minimum atomic E-state index is -0.286. The summed E-state index contributed by atoms with van der Waals surface area (Å²) in [5, 5.41) is 5.58. The van der Waals surface area contributed by atoms with E-state index in [2.05, 4.69) is 31.4 Å². The number of amides is 2. The van der Waals surface area contributed by atoms with Gasteiger partial charge in [0.05, 0.1) is 11.4 Å². The summed E-state index contributed by atoms with van der Waals surface area (Å²) in [6.07, 6.45) is 3.29. The number of hydrogen-bond donors (Lipinski definition) is 2. The SMILES string of the molecule is CC(C)(C)NC(=O)CNC(=O)c1cc2c(s1)CCC(C(C)(C)C)C2. The molecule has 1 atom stereocenters. The quantitative estimate of drug-likeness (QED) is 0.876. The van der Waals surface area contributed by atoms with Crippen molar-refractivity contribution in [3.05, 3.63) is 21.4 Å². The fraction of sp³-hybridized carbons (Fsp3) is 0.684. The second-order valence-corrected chi connectivity index (χ2v) is 9.98. The molecule has 24 heavy (non-hydrogen) atoms. The molecule has 1 aromatic heterocycles. The van der Waals surface area contributed by atoms with E-state index in [9.17, 15) is 9.59 Å². The number of nitrogens with one attached hydrogen (secondary N) is 2. The number of hydrogen-bond acceptors (Lipinski definition) is 3. The molecular formula is C19H30N2O2S. The fourth-order valence-electron chi connectivity index (χ4n) is 3.08. The van der Waals surface area contributed by atoms with Crippen LogP contribution in [0.3, 0.4) is 0 Å². The molecule has 2 amide bonds. The molecular weight excluding hydrogens is 320 g/mol. The first-order valence-corrected chi connectivity index (χ1v) is 9.48. The summed E-state index contributed by atoms with van der Waals surface area (Å²) in [6.45, 7) is 12.6. The van der Waals surface area contributed by atoms with Gasteiger partial charge in [-0.05, 0) is 63.0 Å². The van der Waals surface area contributed by atoms with E-state index in [1.165, 1.54) is 16.9 Å². The summed E-state index contributed by atoms with van der Waals surface area (Å²) in [4.78, 5) is 26.2.